The molecule has 0 aliphatic rings. The van der Waals surface area contributed by atoms with Crippen LogP contribution in [0.25, 0.3) is 0 Å². The molecular weight excluding hydrogens is 783 g/mol. The minimum Gasteiger partial charge on any atom is -0.462 e. The van der Waals surface area contributed by atoms with E-state index in [1.165, 1.54) is 0 Å². The molecule has 12 heteroatoms. The minimum atomic E-state index is -4.67. The Morgan fingerprint density at radius 2 is 1.00 bits per heavy atom. The van der Waals surface area contributed by atoms with Gasteiger partial charge in [0, 0.05) is 12.8 Å². The number of allylic oxidation sites excluding steroid dienone is 19. The maximum absolute atomic E-state index is 12.6. The van der Waals surface area contributed by atoms with Crippen LogP contribution in [0.5, 0.6) is 0 Å². The zero-order chi connectivity index (χ0) is 44.2. The van der Waals surface area contributed by atoms with E-state index in [0.717, 1.165) is 70.6 Å². The molecule has 0 aromatic carbocycles. The number of phosphoric ester groups is 1. The van der Waals surface area contributed by atoms with E-state index in [4.69, 9.17) is 19.1 Å². The maximum Gasteiger partial charge on any atom is 0.472 e. The second-order valence-corrected chi connectivity index (χ2v) is 15.3. The van der Waals surface area contributed by atoms with E-state index in [1.807, 2.05) is 30.4 Å². The summed E-state index contributed by atoms with van der Waals surface area (Å²) in [6.45, 7) is 1.87. The van der Waals surface area contributed by atoms with Gasteiger partial charge in [0.2, 0.25) is 0 Å². The zero-order valence-electron chi connectivity index (χ0n) is 36.2. The lowest BCUT2D eigenvalue weighted by molar-refractivity contribution is -0.161. The second kappa shape index (κ2) is 42.0. The van der Waals surface area contributed by atoms with Crippen LogP contribution in [0.1, 0.15) is 123 Å². The van der Waals surface area contributed by atoms with Crippen LogP contribution in [0.4, 0.5) is 0 Å². The fourth-order valence-corrected chi connectivity index (χ4v) is 5.70. The Balaban J connectivity index is 4.56. The third-order valence-electron chi connectivity index (χ3n) is 8.17. The minimum absolute atomic E-state index is 0.0695. The Bertz CT molecular complexity index is 1420. The summed E-state index contributed by atoms with van der Waals surface area (Å²) in [5.41, 5.74) is 0. The molecule has 0 aromatic heterocycles. The average molecular weight is 859 g/mol. The van der Waals surface area contributed by atoms with Gasteiger partial charge in [0.1, 0.15) is 12.7 Å². The second-order valence-electron chi connectivity index (χ2n) is 13.8. The molecule has 4 atom stereocenters. The first-order valence-electron chi connectivity index (χ1n) is 21.6. The first kappa shape index (κ1) is 56.3. The van der Waals surface area contributed by atoms with Gasteiger partial charge in [-0.3, -0.25) is 18.6 Å². The molecule has 0 heterocycles. The number of hydrogen-bond acceptors (Lipinski definition) is 10. The first-order valence-corrected chi connectivity index (χ1v) is 23.1. The molecule has 60 heavy (non-hydrogen) atoms. The van der Waals surface area contributed by atoms with Gasteiger partial charge < -0.3 is 29.7 Å². The predicted molar refractivity (Wildman–Crippen MR) is 243 cm³/mol. The van der Waals surface area contributed by atoms with Crippen LogP contribution in [-0.4, -0.2) is 76.9 Å². The van der Waals surface area contributed by atoms with Crippen LogP contribution in [-0.2, 0) is 32.7 Å². The number of phosphoric acid groups is 1. The van der Waals surface area contributed by atoms with E-state index in [0.29, 0.717) is 25.7 Å². The highest BCUT2D eigenvalue weighted by atomic mass is 31.2. The Hall–Kier alpha value is -3.67. The third kappa shape index (κ3) is 41.1. The number of esters is 2. The molecule has 0 saturated heterocycles. The predicted octanol–water partition coefficient (Wildman–Crippen LogP) is 10.5. The molecule has 4 N–H and O–H groups in total. The summed E-state index contributed by atoms with van der Waals surface area (Å²) in [6, 6.07) is 0. The molecule has 338 valence electrons. The molecule has 0 rings (SSSR count). The smallest absolute Gasteiger partial charge is 0.462 e. The molecule has 2 unspecified atom stereocenters. The molecule has 0 saturated carbocycles. The number of aliphatic hydroxyl groups excluding tert-OH is 3. The van der Waals surface area contributed by atoms with E-state index in [1.54, 1.807) is 0 Å². The van der Waals surface area contributed by atoms with Crippen LogP contribution in [0.2, 0.25) is 0 Å². The molecule has 0 spiro atoms. The lowest BCUT2D eigenvalue weighted by Gasteiger charge is -2.20. The largest absolute Gasteiger partial charge is 0.472 e. The number of carbonyl (C=O) groups is 2. The summed E-state index contributed by atoms with van der Waals surface area (Å²) >= 11 is 0. The Morgan fingerprint density at radius 1 is 0.550 bits per heavy atom. The van der Waals surface area contributed by atoms with Crippen LogP contribution in [0.15, 0.2) is 122 Å². The van der Waals surface area contributed by atoms with Gasteiger partial charge >= 0.3 is 19.8 Å². The highest BCUT2D eigenvalue weighted by Crippen LogP contribution is 2.43. The van der Waals surface area contributed by atoms with E-state index in [9.17, 15) is 29.3 Å². The monoisotopic (exact) mass is 859 g/mol. The molecule has 0 aromatic rings. The SMILES string of the molecule is CC/C=C\C/C=C\C/C=C\C/C=C\C/C=C\C/C=C\CCC(=O)OC[C@H](COP(=O)(O)OC[C@@H](O)CO)OC(=O)CCC/C=C\C/C=C\C/C=C\C/C=C\CC(O)CCC. The topological polar surface area (TPSA) is 169 Å². The molecule has 11 nitrogen and oxygen atoms in total. The summed E-state index contributed by atoms with van der Waals surface area (Å²) < 4.78 is 32.5. The lowest BCUT2D eigenvalue weighted by Crippen LogP contribution is -2.29. The first-order chi connectivity index (χ1) is 29.1. The Kier molecular flexibility index (Phi) is 39.5. The standard InChI is InChI=1S/C48H75O11P/c1-3-5-6-7-8-9-10-11-12-13-14-15-16-19-22-25-28-31-34-38-47(52)56-42-46(43-58-60(54,55)57-41-45(51)40-49)59-48(53)39-35-32-29-26-23-20-17-18-21-24-27-30-33-37-44(50)36-4-2/h5-6,8-9,11-12,14-15,17,19-22,24,26,28-31,33,44-46,49-51H,3-4,7,10,13,16,18,23,25,27,32,34-43H2,1-2H3,(H,54,55)/b6-5-,9-8-,12-11-,15-14-,20-17-,22-19-,24-21-,29-26-,31-28-,33-30-/t44?,45-,46+/m0/s1. The van der Waals surface area contributed by atoms with Crippen molar-refractivity contribution in [2.45, 2.75) is 141 Å². The van der Waals surface area contributed by atoms with Gasteiger partial charge in [0.15, 0.2) is 6.10 Å². The quantitative estimate of drug-likeness (QED) is 0.0202. The molecule has 0 aliphatic heterocycles. The normalized spacial score (nSPS) is 15.5. The van der Waals surface area contributed by atoms with Gasteiger partial charge in [-0.2, -0.15) is 0 Å². The average Bonchev–Trinajstić information content (AvgIpc) is 3.23. The number of carbonyl (C=O) groups excluding carboxylic acids is 2. The summed E-state index contributed by atoms with van der Waals surface area (Å²) in [5.74, 6) is -1.12. The van der Waals surface area contributed by atoms with Crippen LogP contribution in [0.3, 0.4) is 0 Å². The van der Waals surface area contributed by atoms with Crippen molar-refractivity contribution in [3.8, 4) is 0 Å². The van der Waals surface area contributed by atoms with E-state index >= 15 is 0 Å². The van der Waals surface area contributed by atoms with Crippen LogP contribution < -0.4 is 0 Å². The summed E-state index contributed by atoms with van der Waals surface area (Å²) in [7, 11) is -4.67. The summed E-state index contributed by atoms with van der Waals surface area (Å²) in [4.78, 5) is 34.9. The van der Waals surface area contributed by atoms with Crippen molar-refractivity contribution < 1.29 is 52.9 Å². The number of unbranched alkanes of at least 4 members (excludes halogenated alkanes) is 1. The van der Waals surface area contributed by atoms with Crippen molar-refractivity contribution in [1.29, 1.82) is 0 Å². The van der Waals surface area contributed by atoms with Crippen LogP contribution in [0, 0.1) is 0 Å². The zero-order valence-corrected chi connectivity index (χ0v) is 37.1. The van der Waals surface area contributed by atoms with Gasteiger partial charge in [-0.05, 0) is 89.9 Å². The fourth-order valence-electron chi connectivity index (χ4n) is 4.91. The molecule has 0 amide bonds. The van der Waals surface area contributed by atoms with Crippen molar-refractivity contribution >= 4 is 19.8 Å². The molecule has 0 bridgehead atoms. The van der Waals surface area contributed by atoms with E-state index in [2.05, 4.69) is 110 Å². The van der Waals surface area contributed by atoms with Gasteiger partial charge in [0.05, 0.1) is 25.9 Å². The molecule has 0 fully saturated rings. The number of rotatable bonds is 38. The van der Waals surface area contributed by atoms with Gasteiger partial charge in [-0.15, -0.1) is 0 Å². The van der Waals surface area contributed by atoms with E-state index < -0.39 is 58.4 Å². The van der Waals surface area contributed by atoms with Crippen molar-refractivity contribution in [2.24, 2.45) is 0 Å². The lowest BCUT2D eigenvalue weighted by atomic mass is 10.1. The molecule has 0 radical (unpaired) electrons. The molecular formula is C48H75O11P. The van der Waals surface area contributed by atoms with Crippen molar-refractivity contribution in [1.82, 2.24) is 0 Å². The van der Waals surface area contributed by atoms with Crippen molar-refractivity contribution in [3.05, 3.63) is 122 Å². The number of aliphatic hydroxyl groups is 3. The number of ether oxygens (including phenoxy) is 2. The van der Waals surface area contributed by atoms with Crippen LogP contribution >= 0.6 is 7.82 Å². The highest BCUT2D eigenvalue weighted by Gasteiger charge is 2.27. The van der Waals surface area contributed by atoms with Gasteiger partial charge in [-0.25, -0.2) is 4.57 Å². The van der Waals surface area contributed by atoms with E-state index in [-0.39, 0.29) is 18.9 Å². The highest BCUT2D eigenvalue weighted by molar-refractivity contribution is 7.47. The van der Waals surface area contributed by atoms with Crippen molar-refractivity contribution in [2.75, 3.05) is 26.4 Å². The van der Waals surface area contributed by atoms with Gasteiger partial charge in [0.25, 0.3) is 0 Å². The van der Waals surface area contributed by atoms with Gasteiger partial charge in [-0.1, -0.05) is 142 Å². The maximum atomic E-state index is 12.6. The molecule has 0 aliphatic carbocycles. The summed E-state index contributed by atoms with van der Waals surface area (Å²) in [6.07, 6.45) is 51.0. The summed E-state index contributed by atoms with van der Waals surface area (Å²) in [5, 5.41) is 28.1. The number of hydrogen-bond donors (Lipinski definition) is 4. The Labute approximate surface area is 360 Å². The van der Waals surface area contributed by atoms with Crippen molar-refractivity contribution in [3.63, 3.8) is 0 Å². The Morgan fingerprint density at radius 3 is 1.48 bits per heavy atom. The fraction of sp³-hybridized carbons (Fsp3) is 0.542. The third-order valence-corrected chi connectivity index (χ3v) is 9.12.